The maximum absolute atomic E-state index is 3.49. The number of anilines is 2. The zero-order chi connectivity index (χ0) is 15.2. The Balaban J connectivity index is 1.96. The van der Waals surface area contributed by atoms with Crippen LogP contribution in [0.5, 0.6) is 0 Å². The molecule has 0 aliphatic carbocycles. The van der Waals surface area contributed by atoms with Gasteiger partial charge in [0.2, 0.25) is 0 Å². The summed E-state index contributed by atoms with van der Waals surface area (Å²) >= 11 is 0. The number of hydrogen-bond donors (Lipinski definition) is 1. The molecule has 0 atom stereocenters. The first kappa shape index (κ1) is 15.4. The molecule has 0 amide bonds. The van der Waals surface area contributed by atoms with Crippen LogP contribution < -0.4 is 10.2 Å². The van der Waals surface area contributed by atoms with Crippen molar-refractivity contribution in [2.45, 2.75) is 13.1 Å². The molecule has 1 N–H and O–H groups in total. The van der Waals surface area contributed by atoms with E-state index in [9.17, 15) is 0 Å². The van der Waals surface area contributed by atoms with Crippen molar-refractivity contribution >= 4 is 11.4 Å². The predicted molar refractivity (Wildman–Crippen MR) is 91.9 cm³/mol. The van der Waals surface area contributed by atoms with E-state index in [0.717, 1.165) is 13.1 Å². The van der Waals surface area contributed by atoms with Crippen LogP contribution in [0.4, 0.5) is 11.4 Å². The Morgan fingerprint density at radius 1 is 0.857 bits per heavy atom. The van der Waals surface area contributed by atoms with E-state index in [1.165, 1.54) is 22.5 Å². The average Bonchev–Trinajstić information content (AvgIpc) is 2.45. The lowest BCUT2D eigenvalue weighted by molar-refractivity contribution is 0.402. The maximum Gasteiger partial charge on any atom is 0.0400 e. The molecule has 0 spiro atoms. The van der Waals surface area contributed by atoms with Crippen molar-refractivity contribution in [3.8, 4) is 0 Å². The summed E-state index contributed by atoms with van der Waals surface area (Å²) in [6, 6.07) is 17.3. The van der Waals surface area contributed by atoms with Crippen LogP contribution >= 0.6 is 0 Å². The predicted octanol–water partition coefficient (Wildman–Crippen LogP) is 3.43. The lowest BCUT2D eigenvalue weighted by Crippen LogP contribution is -2.11. The van der Waals surface area contributed by atoms with Crippen molar-refractivity contribution < 1.29 is 0 Å². The van der Waals surface area contributed by atoms with Crippen LogP contribution in [0.2, 0.25) is 0 Å². The van der Waals surface area contributed by atoms with E-state index in [-0.39, 0.29) is 0 Å². The average molecular weight is 283 g/mol. The summed E-state index contributed by atoms with van der Waals surface area (Å²) in [6.07, 6.45) is 0. The Bertz CT molecular complexity index is 559. The van der Waals surface area contributed by atoms with Gasteiger partial charge < -0.3 is 15.1 Å². The standard InChI is InChI=1S/C18H25N3/c1-20(2)14-16-6-5-7-17(12-16)19-13-15-8-10-18(11-9-15)21(3)4/h5-12,19H,13-14H2,1-4H3. The molecule has 2 aromatic carbocycles. The minimum Gasteiger partial charge on any atom is -0.381 e. The molecule has 0 saturated carbocycles. The number of rotatable bonds is 6. The second-order valence-electron chi connectivity index (χ2n) is 5.85. The summed E-state index contributed by atoms with van der Waals surface area (Å²) in [4.78, 5) is 4.29. The molecular formula is C18H25N3. The largest absolute Gasteiger partial charge is 0.381 e. The number of benzene rings is 2. The first-order chi connectivity index (χ1) is 10.0. The van der Waals surface area contributed by atoms with E-state index in [1.54, 1.807) is 0 Å². The molecule has 2 rings (SSSR count). The van der Waals surface area contributed by atoms with Crippen molar-refractivity contribution in [3.63, 3.8) is 0 Å². The van der Waals surface area contributed by atoms with Gasteiger partial charge in [-0.25, -0.2) is 0 Å². The van der Waals surface area contributed by atoms with Gasteiger partial charge in [0.1, 0.15) is 0 Å². The van der Waals surface area contributed by atoms with Crippen molar-refractivity contribution in [1.29, 1.82) is 0 Å². The summed E-state index contributed by atoms with van der Waals surface area (Å²) < 4.78 is 0. The number of hydrogen-bond acceptors (Lipinski definition) is 3. The highest BCUT2D eigenvalue weighted by atomic mass is 15.1. The summed E-state index contributed by atoms with van der Waals surface area (Å²) in [6.45, 7) is 1.81. The summed E-state index contributed by atoms with van der Waals surface area (Å²) in [5.41, 5.74) is 5.02. The third-order valence-electron chi connectivity index (χ3n) is 3.38. The van der Waals surface area contributed by atoms with Crippen molar-refractivity contribution in [3.05, 3.63) is 59.7 Å². The van der Waals surface area contributed by atoms with Crippen LogP contribution in [0.3, 0.4) is 0 Å². The third-order valence-corrected chi connectivity index (χ3v) is 3.38. The zero-order valence-corrected chi connectivity index (χ0v) is 13.4. The van der Waals surface area contributed by atoms with Crippen LogP contribution in [0.25, 0.3) is 0 Å². The topological polar surface area (TPSA) is 18.5 Å². The van der Waals surface area contributed by atoms with Crippen LogP contribution in [-0.4, -0.2) is 33.1 Å². The fourth-order valence-electron chi connectivity index (χ4n) is 2.26. The van der Waals surface area contributed by atoms with Crippen LogP contribution in [0.15, 0.2) is 48.5 Å². The van der Waals surface area contributed by atoms with Gasteiger partial charge in [-0.15, -0.1) is 0 Å². The fraction of sp³-hybridized carbons (Fsp3) is 0.333. The van der Waals surface area contributed by atoms with Gasteiger partial charge in [-0.1, -0.05) is 24.3 Å². The molecule has 0 fully saturated rings. The molecule has 2 aromatic rings. The molecule has 0 bridgehead atoms. The Labute approximate surface area is 128 Å². The van der Waals surface area contributed by atoms with Gasteiger partial charge in [0.05, 0.1) is 0 Å². The first-order valence-electron chi connectivity index (χ1n) is 7.28. The quantitative estimate of drug-likeness (QED) is 0.876. The molecule has 0 aromatic heterocycles. The number of nitrogens with zero attached hydrogens (tertiary/aromatic N) is 2. The zero-order valence-electron chi connectivity index (χ0n) is 13.4. The minimum atomic E-state index is 0.846. The smallest absolute Gasteiger partial charge is 0.0400 e. The molecule has 0 heterocycles. The first-order valence-corrected chi connectivity index (χ1v) is 7.28. The SMILES string of the molecule is CN(C)Cc1cccc(NCc2ccc(N(C)C)cc2)c1. The molecular weight excluding hydrogens is 258 g/mol. The van der Waals surface area contributed by atoms with E-state index >= 15 is 0 Å². The van der Waals surface area contributed by atoms with Gasteiger partial charge in [-0.05, 0) is 49.5 Å². The third kappa shape index (κ3) is 4.80. The van der Waals surface area contributed by atoms with Crippen molar-refractivity contribution in [2.75, 3.05) is 38.4 Å². The lowest BCUT2D eigenvalue weighted by Gasteiger charge is -2.14. The van der Waals surface area contributed by atoms with Crippen LogP contribution in [0, 0.1) is 0 Å². The van der Waals surface area contributed by atoms with Gasteiger partial charge in [0, 0.05) is 38.6 Å². The van der Waals surface area contributed by atoms with Gasteiger partial charge >= 0.3 is 0 Å². The van der Waals surface area contributed by atoms with E-state index in [4.69, 9.17) is 0 Å². The second kappa shape index (κ2) is 7.14. The molecule has 0 aliphatic heterocycles. The van der Waals surface area contributed by atoms with Crippen molar-refractivity contribution in [1.82, 2.24) is 4.90 Å². The Kier molecular flexibility index (Phi) is 5.23. The van der Waals surface area contributed by atoms with Gasteiger partial charge in [0.25, 0.3) is 0 Å². The number of nitrogens with one attached hydrogen (secondary N) is 1. The highest BCUT2D eigenvalue weighted by molar-refractivity contribution is 5.48. The molecule has 3 nitrogen and oxygen atoms in total. The van der Waals surface area contributed by atoms with Gasteiger partial charge in [-0.2, -0.15) is 0 Å². The second-order valence-corrected chi connectivity index (χ2v) is 5.85. The van der Waals surface area contributed by atoms with Crippen LogP contribution in [-0.2, 0) is 13.1 Å². The van der Waals surface area contributed by atoms with Gasteiger partial charge in [-0.3, -0.25) is 0 Å². The maximum atomic E-state index is 3.49. The molecule has 21 heavy (non-hydrogen) atoms. The van der Waals surface area contributed by atoms with E-state index in [2.05, 4.69) is 91.8 Å². The minimum absolute atomic E-state index is 0.846. The Morgan fingerprint density at radius 2 is 1.57 bits per heavy atom. The summed E-state index contributed by atoms with van der Waals surface area (Å²) in [7, 11) is 8.30. The normalized spacial score (nSPS) is 10.7. The van der Waals surface area contributed by atoms with E-state index in [0.29, 0.717) is 0 Å². The highest BCUT2D eigenvalue weighted by Gasteiger charge is 1.99. The summed E-state index contributed by atoms with van der Waals surface area (Å²) in [5, 5.41) is 3.49. The molecule has 112 valence electrons. The van der Waals surface area contributed by atoms with Gasteiger partial charge in [0.15, 0.2) is 0 Å². The summed E-state index contributed by atoms with van der Waals surface area (Å²) in [5.74, 6) is 0. The van der Waals surface area contributed by atoms with E-state index in [1.807, 2.05) is 0 Å². The molecule has 0 saturated heterocycles. The molecule has 0 unspecified atom stereocenters. The van der Waals surface area contributed by atoms with E-state index < -0.39 is 0 Å². The molecule has 0 radical (unpaired) electrons. The van der Waals surface area contributed by atoms with Crippen molar-refractivity contribution in [2.24, 2.45) is 0 Å². The monoisotopic (exact) mass is 283 g/mol. The van der Waals surface area contributed by atoms with Crippen LogP contribution in [0.1, 0.15) is 11.1 Å². The fourth-order valence-corrected chi connectivity index (χ4v) is 2.26. The molecule has 3 heteroatoms. The molecule has 0 aliphatic rings. The Hall–Kier alpha value is -2.00. The Morgan fingerprint density at radius 3 is 2.19 bits per heavy atom. The highest BCUT2D eigenvalue weighted by Crippen LogP contribution is 2.15. The lowest BCUT2D eigenvalue weighted by atomic mass is 10.1.